The number of rotatable bonds is 6. The third-order valence-electron chi connectivity index (χ3n) is 3.83. The molecule has 2 rings (SSSR count). The summed E-state index contributed by atoms with van der Waals surface area (Å²) in [6.07, 6.45) is 3.62. The first kappa shape index (κ1) is 17.4. The molecule has 23 heavy (non-hydrogen) atoms. The second-order valence-electron chi connectivity index (χ2n) is 5.52. The molecule has 0 aliphatic carbocycles. The third kappa shape index (κ3) is 4.08. The molecule has 0 saturated heterocycles. The second kappa shape index (κ2) is 7.55. The number of hydrogen-bond acceptors (Lipinski definition) is 2. The molecule has 3 nitrogen and oxygen atoms in total. The van der Waals surface area contributed by atoms with Crippen molar-refractivity contribution in [2.75, 3.05) is 0 Å². The van der Waals surface area contributed by atoms with E-state index in [9.17, 15) is 9.18 Å². The number of nitrogens with zero attached hydrogens (tertiary/aromatic N) is 2. The van der Waals surface area contributed by atoms with E-state index in [1.807, 2.05) is 26.8 Å². The SMILES string of the molecule is CC/C=C(\F)Cn1nc(C)c(Cc2ccc(C=O)c(Cl)c2)c1C. The molecule has 0 fully saturated rings. The van der Waals surface area contributed by atoms with E-state index in [2.05, 4.69) is 5.10 Å². The monoisotopic (exact) mass is 334 g/mol. The number of allylic oxidation sites excluding steroid dienone is 2. The van der Waals surface area contributed by atoms with E-state index in [1.54, 1.807) is 22.9 Å². The maximum absolute atomic E-state index is 13.7. The van der Waals surface area contributed by atoms with E-state index < -0.39 is 0 Å². The van der Waals surface area contributed by atoms with Crippen LogP contribution in [0, 0.1) is 13.8 Å². The Labute approximate surface area is 140 Å². The fourth-order valence-corrected chi connectivity index (χ4v) is 2.80. The fraction of sp³-hybridized carbons (Fsp3) is 0.333. The van der Waals surface area contributed by atoms with Gasteiger partial charge in [0.1, 0.15) is 5.83 Å². The zero-order chi connectivity index (χ0) is 17.0. The van der Waals surface area contributed by atoms with Crippen molar-refractivity contribution in [2.45, 2.75) is 40.2 Å². The molecule has 0 aliphatic heterocycles. The summed E-state index contributed by atoms with van der Waals surface area (Å²) in [5.41, 5.74) is 4.35. The summed E-state index contributed by atoms with van der Waals surface area (Å²) in [6, 6.07) is 5.38. The summed E-state index contributed by atoms with van der Waals surface area (Å²) in [6.45, 7) is 5.92. The highest BCUT2D eigenvalue weighted by molar-refractivity contribution is 6.33. The third-order valence-corrected chi connectivity index (χ3v) is 4.16. The van der Waals surface area contributed by atoms with Crippen LogP contribution in [0.5, 0.6) is 0 Å². The lowest BCUT2D eigenvalue weighted by Crippen LogP contribution is -2.03. The number of benzene rings is 1. The molecular weight excluding hydrogens is 315 g/mol. The predicted molar refractivity (Wildman–Crippen MR) is 90.8 cm³/mol. The van der Waals surface area contributed by atoms with Crippen LogP contribution in [-0.2, 0) is 13.0 Å². The molecule has 2 aromatic rings. The number of halogens is 2. The molecule has 0 spiro atoms. The molecule has 0 saturated carbocycles. The lowest BCUT2D eigenvalue weighted by Gasteiger charge is -2.06. The summed E-state index contributed by atoms with van der Waals surface area (Å²) < 4.78 is 15.4. The molecule has 0 amide bonds. The van der Waals surface area contributed by atoms with Crippen LogP contribution in [0.4, 0.5) is 4.39 Å². The van der Waals surface area contributed by atoms with Crippen molar-refractivity contribution in [1.82, 2.24) is 9.78 Å². The molecule has 0 N–H and O–H groups in total. The first-order valence-corrected chi connectivity index (χ1v) is 7.95. The minimum atomic E-state index is -0.178. The molecule has 1 aromatic heterocycles. The maximum atomic E-state index is 13.7. The number of aromatic nitrogens is 2. The van der Waals surface area contributed by atoms with Gasteiger partial charge in [0.25, 0.3) is 0 Å². The van der Waals surface area contributed by atoms with Crippen molar-refractivity contribution in [3.05, 3.63) is 63.2 Å². The number of hydrogen-bond donors (Lipinski definition) is 0. The number of carbonyl (C=O) groups excluding carboxylic acids is 1. The summed E-state index contributed by atoms with van der Waals surface area (Å²) in [5.74, 6) is -0.178. The van der Waals surface area contributed by atoms with E-state index in [1.165, 1.54) is 0 Å². The van der Waals surface area contributed by atoms with Gasteiger partial charge in [-0.25, -0.2) is 4.39 Å². The van der Waals surface area contributed by atoms with Gasteiger partial charge in [-0.3, -0.25) is 9.48 Å². The van der Waals surface area contributed by atoms with E-state index in [-0.39, 0.29) is 12.4 Å². The van der Waals surface area contributed by atoms with E-state index >= 15 is 0 Å². The lowest BCUT2D eigenvalue weighted by atomic mass is 10.0. The van der Waals surface area contributed by atoms with Gasteiger partial charge in [-0.1, -0.05) is 30.7 Å². The topological polar surface area (TPSA) is 34.9 Å². The average Bonchev–Trinajstić information content (AvgIpc) is 2.75. The molecule has 5 heteroatoms. The molecule has 1 aromatic carbocycles. The van der Waals surface area contributed by atoms with Crippen molar-refractivity contribution >= 4 is 17.9 Å². The zero-order valence-electron chi connectivity index (χ0n) is 13.6. The van der Waals surface area contributed by atoms with Crippen molar-refractivity contribution in [3.63, 3.8) is 0 Å². The Hall–Kier alpha value is -1.94. The Morgan fingerprint density at radius 3 is 2.74 bits per heavy atom. The summed E-state index contributed by atoms with van der Waals surface area (Å²) >= 11 is 6.08. The van der Waals surface area contributed by atoms with Crippen molar-refractivity contribution in [2.24, 2.45) is 0 Å². The van der Waals surface area contributed by atoms with Gasteiger partial charge in [0.15, 0.2) is 6.29 Å². The van der Waals surface area contributed by atoms with Gasteiger partial charge >= 0.3 is 0 Å². The highest BCUT2D eigenvalue weighted by Crippen LogP contribution is 2.22. The van der Waals surface area contributed by atoms with Crippen LogP contribution >= 0.6 is 11.6 Å². The Bertz CT molecular complexity index is 750. The Morgan fingerprint density at radius 1 is 1.39 bits per heavy atom. The van der Waals surface area contributed by atoms with Gasteiger partial charge < -0.3 is 0 Å². The zero-order valence-corrected chi connectivity index (χ0v) is 14.3. The lowest BCUT2D eigenvalue weighted by molar-refractivity contribution is 0.112. The molecular formula is C18H20ClFN2O. The quantitative estimate of drug-likeness (QED) is 0.710. The van der Waals surface area contributed by atoms with Gasteiger partial charge in [0, 0.05) is 23.2 Å². The van der Waals surface area contributed by atoms with Crippen LogP contribution in [0.15, 0.2) is 30.1 Å². The second-order valence-corrected chi connectivity index (χ2v) is 5.92. The minimum absolute atomic E-state index is 0.158. The number of carbonyl (C=O) groups is 1. The predicted octanol–water partition coefficient (Wildman–Crippen LogP) is 4.82. The molecule has 1 heterocycles. The highest BCUT2D eigenvalue weighted by Gasteiger charge is 2.13. The van der Waals surface area contributed by atoms with E-state index in [0.29, 0.717) is 23.4 Å². The summed E-state index contributed by atoms with van der Waals surface area (Å²) in [5, 5.41) is 4.87. The average molecular weight is 335 g/mol. The molecule has 0 aliphatic rings. The first-order valence-electron chi connectivity index (χ1n) is 7.57. The van der Waals surface area contributed by atoms with Crippen molar-refractivity contribution in [1.29, 1.82) is 0 Å². The van der Waals surface area contributed by atoms with Gasteiger partial charge in [0.2, 0.25) is 0 Å². The number of aryl methyl sites for hydroxylation is 1. The summed E-state index contributed by atoms with van der Waals surface area (Å²) in [4.78, 5) is 10.8. The van der Waals surface area contributed by atoms with Gasteiger partial charge in [-0.05, 0) is 38.0 Å². The molecule has 122 valence electrons. The van der Waals surface area contributed by atoms with Gasteiger partial charge in [-0.2, -0.15) is 5.10 Å². The molecule has 0 unspecified atom stereocenters. The Kier molecular flexibility index (Phi) is 5.72. The Balaban J connectivity index is 2.27. The number of aldehydes is 1. The largest absolute Gasteiger partial charge is 0.298 e. The van der Waals surface area contributed by atoms with Gasteiger partial charge in [0.05, 0.1) is 17.3 Å². The summed E-state index contributed by atoms with van der Waals surface area (Å²) in [7, 11) is 0. The van der Waals surface area contributed by atoms with Crippen molar-refractivity contribution < 1.29 is 9.18 Å². The normalized spacial score (nSPS) is 11.8. The molecule has 0 bridgehead atoms. The fourth-order valence-electron chi connectivity index (χ4n) is 2.55. The van der Waals surface area contributed by atoms with Crippen LogP contribution in [-0.4, -0.2) is 16.1 Å². The highest BCUT2D eigenvalue weighted by atomic mass is 35.5. The van der Waals surface area contributed by atoms with E-state index in [0.717, 1.165) is 28.8 Å². The Morgan fingerprint density at radius 2 is 2.13 bits per heavy atom. The smallest absolute Gasteiger partial charge is 0.151 e. The van der Waals surface area contributed by atoms with Crippen LogP contribution in [0.2, 0.25) is 5.02 Å². The van der Waals surface area contributed by atoms with Crippen molar-refractivity contribution in [3.8, 4) is 0 Å². The van der Waals surface area contributed by atoms with Crippen LogP contribution in [0.25, 0.3) is 0 Å². The minimum Gasteiger partial charge on any atom is -0.298 e. The van der Waals surface area contributed by atoms with Crippen LogP contribution < -0.4 is 0 Å². The van der Waals surface area contributed by atoms with Crippen LogP contribution in [0.3, 0.4) is 0 Å². The first-order chi connectivity index (χ1) is 11.0. The van der Waals surface area contributed by atoms with Gasteiger partial charge in [-0.15, -0.1) is 0 Å². The molecule has 0 atom stereocenters. The standard InChI is InChI=1S/C18H20ClFN2O/c1-4-5-16(20)10-22-13(3)17(12(2)21-22)8-14-6-7-15(11-23)18(19)9-14/h5-7,9,11H,4,8,10H2,1-3H3/b16-5-. The molecule has 0 radical (unpaired) electrons. The van der Waals surface area contributed by atoms with E-state index in [4.69, 9.17) is 11.6 Å². The maximum Gasteiger partial charge on any atom is 0.151 e. The van der Waals surface area contributed by atoms with Crippen LogP contribution in [0.1, 0.15) is 46.2 Å².